The minimum atomic E-state index is -0.0406. The van der Waals surface area contributed by atoms with E-state index < -0.39 is 0 Å². The molecule has 0 aromatic carbocycles. The van der Waals surface area contributed by atoms with Crippen LogP contribution in [-0.2, 0) is 0 Å². The molecule has 8 nitrogen and oxygen atoms in total. The van der Waals surface area contributed by atoms with Gasteiger partial charge in [-0.1, -0.05) is 0 Å². The van der Waals surface area contributed by atoms with Gasteiger partial charge < -0.3 is 16.0 Å². The fourth-order valence-corrected chi connectivity index (χ4v) is 5.01. The first-order chi connectivity index (χ1) is 16.0. The molecule has 3 N–H and O–H groups in total. The summed E-state index contributed by atoms with van der Waals surface area (Å²) < 4.78 is 1.87. The molecule has 8 heteroatoms. The normalized spacial score (nSPS) is 17.7. The van der Waals surface area contributed by atoms with Crippen molar-refractivity contribution < 1.29 is 4.79 Å². The van der Waals surface area contributed by atoms with Gasteiger partial charge in [0.1, 0.15) is 11.5 Å². The van der Waals surface area contributed by atoms with Crippen LogP contribution in [0.25, 0.3) is 5.65 Å². The molecular weight excluding hydrogens is 426 g/mol. The average molecular weight is 462 g/mol. The molecule has 3 aromatic rings. The van der Waals surface area contributed by atoms with Crippen LogP contribution in [0, 0.1) is 33.6 Å². The fraction of sp³-hybridized carbons (Fsp3) is 0.462. The number of hydrogen-bond acceptors (Lipinski definition) is 6. The van der Waals surface area contributed by atoms with Crippen LogP contribution in [0.3, 0.4) is 0 Å². The number of carbonyl (C=O) groups excluding carboxylic acids is 1. The van der Waals surface area contributed by atoms with Gasteiger partial charge in [-0.3, -0.25) is 4.79 Å². The first kappa shape index (κ1) is 25.2. The third-order valence-electron chi connectivity index (χ3n) is 6.45. The molecule has 0 spiro atoms. The number of hydrogen-bond donors (Lipinski definition) is 1. The van der Waals surface area contributed by atoms with Crippen molar-refractivity contribution in [3.63, 3.8) is 0 Å². The van der Waals surface area contributed by atoms with Crippen LogP contribution in [-0.4, -0.2) is 50.0 Å². The molecule has 2 aliphatic rings. The van der Waals surface area contributed by atoms with Crippen molar-refractivity contribution in [2.45, 2.75) is 58.9 Å². The highest BCUT2D eigenvalue weighted by atomic mass is 16.2. The van der Waals surface area contributed by atoms with Crippen LogP contribution in [0.5, 0.6) is 0 Å². The summed E-state index contributed by atoms with van der Waals surface area (Å²) in [6.45, 7) is 8.91. The van der Waals surface area contributed by atoms with E-state index in [0.29, 0.717) is 5.69 Å². The molecule has 5 rings (SSSR count). The minimum absolute atomic E-state index is 0. The predicted octanol–water partition coefficient (Wildman–Crippen LogP) is 4.43. The van der Waals surface area contributed by atoms with E-state index in [1.807, 2.05) is 35.4 Å². The van der Waals surface area contributed by atoms with Crippen LogP contribution in [0.15, 0.2) is 24.4 Å². The second-order valence-electron chi connectivity index (χ2n) is 8.99. The first-order valence-electron chi connectivity index (χ1n) is 11.7. The fourth-order valence-electron chi connectivity index (χ4n) is 5.01. The van der Waals surface area contributed by atoms with E-state index in [9.17, 15) is 4.79 Å². The molecule has 1 atom stereocenters. The van der Waals surface area contributed by atoms with Gasteiger partial charge in [-0.15, -0.1) is 12.8 Å². The van der Waals surface area contributed by atoms with Gasteiger partial charge in [0, 0.05) is 43.2 Å². The van der Waals surface area contributed by atoms with Crippen molar-refractivity contribution in [1.29, 1.82) is 0 Å². The van der Waals surface area contributed by atoms with Crippen molar-refractivity contribution in [2.24, 2.45) is 0 Å². The Balaban J connectivity index is 0.00000105. The van der Waals surface area contributed by atoms with Crippen molar-refractivity contribution in [2.75, 3.05) is 24.5 Å². The van der Waals surface area contributed by atoms with Crippen LogP contribution in [0.4, 0.5) is 5.82 Å². The molecule has 0 aliphatic carbocycles. The van der Waals surface area contributed by atoms with E-state index in [4.69, 9.17) is 10.1 Å². The summed E-state index contributed by atoms with van der Waals surface area (Å²) in [5.74, 6) is 1.06. The molecule has 5 heterocycles. The highest BCUT2D eigenvalue weighted by Gasteiger charge is 2.31. The zero-order valence-electron chi connectivity index (χ0n) is 20.5. The molecule has 2 fully saturated rings. The van der Waals surface area contributed by atoms with E-state index in [1.54, 1.807) is 0 Å². The Bertz CT molecular complexity index is 1160. The summed E-state index contributed by atoms with van der Waals surface area (Å²) in [7, 11) is 0. The van der Waals surface area contributed by atoms with Crippen molar-refractivity contribution in [3.05, 3.63) is 52.6 Å². The molecule has 3 aromatic heterocycles. The topological polar surface area (TPSA) is 102 Å². The Morgan fingerprint density at radius 3 is 2.38 bits per heavy atom. The van der Waals surface area contributed by atoms with Gasteiger partial charge in [0.25, 0.3) is 5.91 Å². The summed E-state index contributed by atoms with van der Waals surface area (Å²) in [5.41, 5.74) is 5.37. The van der Waals surface area contributed by atoms with E-state index in [-0.39, 0.29) is 18.1 Å². The number of piperidine rings is 1. The average Bonchev–Trinajstić information content (AvgIpc) is 3.48. The van der Waals surface area contributed by atoms with Crippen molar-refractivity contribution in [3.8, 4) is 12.8 Å². The minimum Gasteiger partial charge on any atom is -0.356 e. The zero-order valence-corrected chi connectivity index (χ0v) is 20.5. The standard InChI is InChI=1S/C24H30N6O.C2H2.H3N/c1-16-12-18(3)25-20(13-16)24(31)29-11-5-4-8-21(29)19-14-22-26-23(28-9-6-7-10-28)17(2)15-30(22)27-19;1-2;/h12-15,21H,4-11H2,1-3H3;1-2H;1H3/t21-;;/m0../s1. The van der Waals surface area contributed by atoms with Gasteiger partial charge in [-0.2, -0.15) is 5.10 Å². The summed E-state index contributed by atoms with van der Waals surface area (Å²) in [4.78, 5) is 27.2. The Labute approximate surface area is 202 Å². The first-order valence-corrected chi connectivity index (χ1v) is 11.7. The van der Waals surface area contributed by atoms with Crippen LogP contribution >= 0.6 is 0 Å². The van der Waals surface area contributed by atoms with Gasteiger partial charge in [0.05, 0.1) is 11.7 Å². The van der Waals surface area contributed by atoms with Crippen LogP contribution in [0.1, 0.15) is 71.1 Å². The number of aryl methyl sites for hydroxylation is 3. The van der Waals surface area contributed by atoms with Gasteiger partial charge in [0.2, 0.25) is 0 Å². The molecular formula is C26H35N7O. The lowest BCUT2D eigenvalue weighted by Gasteiger charge is -2.34. The highest BCUT2D eigenvalue weighted by Crippen LogP contribution is 2.32. The number of anilines is 1. The lowest BCUT2D eigenvalue weighted by molar-refractivity contribution is 0.0599. The SMILES string of the molecule is C#C.Cc1cc(C)nc(C(=O)N2CCCC[C@H]2c2cc3nc(N4CCCC4)c(C)cn3n2)c1.N. The van der Waals surface area contributed by atoms with Gasteiger partial charge in [-0.05, 0) is 70.6 Å². The number of aromatic nitrogens is 4. The number of amides is 1. The zero-order chi connectivity index (χ0) is 23.5. The van der Waals surface area contributed by atoms with Gasteiger partial charge in [0.15, 0.2) is 5.65 Å². The molecule has 0 unspecified atom stereocenters. The molecule has 0 radical (unpaired) electrons. The Morgan fingerprint density at radius 1 is 0.971 bits per heavy atom. The third kappa shape index (κ3) is 4.90. The maximum atomic E-state index is 13.4. The van der Waals surface area contributed by atoms with E-state index in [2.05, 4.69) is 41.9 Å². The number of terminal acetylenes is 1. The second kappa shape index (κ2) is 10.7. The largest absolute Gasteiger partial charge is 0.356 e. The van der Waals surface area contributed by atoms with E-state index in [0.717, 1.165) is 72.9 Å². The maximum Gasteiger partial charge on any atom is 0.273 e. The molecule has 2 saturated heterocycles. The number of rotatable bonds is 3. The maximum absolute atomic E-state index is 13.4. The molecule has 1 amide bonds. The number of carbonyl (C=O) groups is 1. The highest BCUT2D eigenvalue weighted by molar-refractivity contribution is 5.93. The van der Waals surface area contributed by atoms with Crippen molar-refractivity contribution in [1.82, 2.24) is 30.6 Å². The van der Waals surface area contributed by atoms with Gasteiger partial charge >= 0.3 is 0 Å². The summed E-state index contributed by atoms with van der Waals surface area (Å²) in [6, 6.07) is 5.90. The smallest absolute Gasteiger partial charge is 0.273 e. The quantitative estimate of drug-likeness (QED) is 0.579. The summed E-state index contributed by atoms with van der Waals surface area (Å²) in [5, 5.41) is 4.85. The monoisotopic (exact) mass is 461 g/mol. The molecule has 0 bridgehead atoms. The lowest BCUT2D eigenvalue weighted by atomic mass is 9.98. The van der Waals surface area contributed by atoms with Crippen molar-refractivity contribution >= 4 is 17.4 Å². The lowest BCUT2D eigenvalue weighted by Crippen LogP contribution is -2.39. The second-order valence-corrected chi connectivity index (χ2v) is 8.99. The number of nitrogens with zero attached hydrogens (tertiary/aromatic N) is 6. The molecule has 0 saturated carbocycles. The van der Waals surface area contributed by atoms with E-state index >= 15 is 0 Å². The van der Waals surface area contributed by atoms with Gasteiger partial charge in [-0.25, -0.2) is 14.5 Å². The van der Waals surface area contributed by atoms with E-state index in [1.165, 1.54) is 12.8 Å². The Hall–Kier alpha value is -3.44. The summed E-state index contributed by atoms with van der Waals surface area (Å²) in [6.07, 6.45) is 15.5. The third-order valence-corrected chi connectivity index (χ3v) is 6.45. The molecule has 2 aliphatic heterocycles. The molecule has 180 valence electrons. The van der Waals surface area contributed by atoms with Crippen LogP contribution < -0.4 is 11.1 Å². The number of pyridine rings is 1. The Kier molecular flexibility index (Phi) is 7.90. The van der Waals surface area contributed by atoms with Crippen LogP contribution in [0.2, 0.25) is 0 Å². The molecule has 34 heavy (non-hydrogen) atoms. The Morgan fingerprint density at radius 2 is 1.68 bits per heavy atom. The predicted molar refractivity (Wildman–Crippen MR) is 135 cm³/mol. The summed E-state index contributed by atoms with van der Waals surface area (Å²) >= 11 is 0. The number of likely N-dealkylation sites (tertiary alicyclic amines) is 1. The number of fused-ring (bicyclic) bond motifs is 1.